The summed E-state index contributed by atoms with van der Waals surface area (Å²) in [5.74, 6) is 2.60. The number of hydrogen-bond acceptors (Lipinski definition) is 4. The molecule has 1 aliphatic carbocycles. The quantitative estimate of drug-likeness (QED) is 0.923. The first kappa shape index (κ1) is 15.5. The molecule has 122 valence electrons. The summed E-state index contributed by atoms with van der Waals surface area (Å²) >= 11 is 0. The number of fused-ring (bicyclic) bond motifs is 1. The lowest BCUT2D eigenvalue weighted by Crippen LogP contribution is -2.53. The Morgan fingerprint density at radius 1 is 1.41 bits per heavy atom. The van der Waals surface area contributed by atoms with Crippen molar-refractivity contribution in [3.63, 3.8) is 0 Å². The zero-order valence-corrected chi connectivity index (χ0v) is 13.8. The molecule has 2 heterocycles. The molecule has 1 aromatic heterocycles. The molecule has 22 heavy (non-hydrogen) atoms. The molecule has 1 atom stereocenters. The Morgan fingerprint density at radius 3 is 2.82 bits per heavy atom. The number of aromatic nitrogens is 3. The molecule has 1 unspecified atom stereocenters. The Kier molecular flexibility index (Phi) is 4.21. The monoisotopic (exact) mass is 306 g/mol. The lowest BCUT2D eigenvalue weighted by molar-refractivity contribution is -0.135. The van der Waals surface area contributed by atoms with Crippen LogP contribution in [0.4, 0.5) is 0 Å². The summed E-state index contributed by atoms with van der Waals surface area (Å²) in [4.78, 5) is 12.8. The lowest BCUT2D eigenvalue weighted by Gasteiger charge is -2.36. The third-order valence-electron chi connectivity index (χ3n) is 4.74. The summed E-state index contributed by atoms with van der Waals surface area (Å²) in [5, 5.41) is 11.7. The largest absolute Gasteiger partial charge is 0.370 e. The number of amides is 1. The van der Waals surface area contributed by atoms with E-state index < -0.39 is 5.54 Å². The van der Waals surface area contributed by atoms with Gasteiger partial charge in [0, 0.05) is 12.5 Å². The zero-order valence-electron chi connectivity index (χ0n) is 13.8. The Labute approximate surface area is 131 Å². The van der Waals surface area contributed by atoms with Crippen molar-refractivity contribution in [1.29, 1.82) is 0 Å². The Balaban J connectivity index is 1.91. The number of carbonyl (C=O) groups is 1. The smallest absolute Gasteiger partial charge is 0.248 e. The number of nitrogens with zero attached hydrogens (tertiary/aromatic N) is 3. The van der Waals surface area contributed by atoms with Crippen molar-refractivity contribution in [1.82, 2.24) is 20.1 Å². The van der Waals surface area contributed by atoms with E-state index in [1.807, 2.05) is 6.92 Å². The molecule has 6 heteroatoms. The zero-order chi connectivity index (χ0) is 15.7. The predicted octanol–water partition coefficient (Wildman–Crippen LogP) is 1.95. The highest BCUT2D eigenvalue weighted by atomic mass is 16.5. The van der Waals surface area contributed by atoms with Crippen molar-refractivity contribution in [2.45, 2.75) is 64.5 Å². The van der Waals surface area contributed by atoms with E-state index in [0.717, 1.165) is 24.5 Å². The van der Waals surface area contributed by atoms with Crippen LogP contribution in [0.25, 0.3) is 0 Å². The molecular weight excluding hydrogens is 280 g/mol. The first-order chi connectivity index (χ1) is 10.5. The minimum atomic E-state index is -0.746. The summed E-state index contributed by atoms with van der Waals surface area (Å²) in [6, 6.07) is 0. The molecule has 0 radical (unpaired) electrons. The number of carbonyl (C=O) groups excluding carboxylic acids is 1. The van der Waals surface area contributed by atoms with Crippen LogP contribution < -0.4 is 5.32 Å². The molecule has 0 spiro atoms. The van der Waals surface area contributed by atoms with Crippen LogP contribution in [0.3, 0.4) is 0 Å². The van der Waals surface area contributed by atoms with Gasteiger partial charge in [-0.25, -0.2) is 0 Å². The van der Waals surface area contributed by atoms with E-state index in [0.29, 0.717) is 31.6 Å². The van der Waals surface area contributed by atoms with Gasteiger partial charge in [0.05, 0.1) is 6.61 Å². The van der Waals surface area contributed by atoms with Crippen molar-refractivity contribution in [2.24, 2.45) is 5.92 Å². The van der Waals surface area contributed by atoms with Crippen molar-refractivity contribution in [2.75, 3.05) is 13.2 Å². The first-order valence-corrected chi connectivity index (χ1v) is 8.33. The van der Waals surface area contributed by atoms with Crippen LogP contribution in [0.15, 0.2) is 0 Å². The van der Waals surface area contributed by atoms with E-state index in [9.17, 15) is 4.79 Å². The van der Waals surface area contributed by atoms with Crippen LogP contribution in [0.2, 0.25) is 0 Å². The number of rotatable bonds is 4. The molecule has 2 aliphatic rings. The minimum absolute atomic E-state index is 0.00111. The summed E-state index contributed by atoms with van der Waals surface area (Å²) in [5.41, 5.74) is -0.746. The molecular formula is C16H26N4O2. The molecule has 1 amide bonds. The molecule has 6 nitrogen and oxygen atoms in total. The van der Waals surface area contributed by atoms with Crippen LogP contribution in [-0.2, 0) is 21.7 Å². The summed E-state index contributed by atoms with van der Waals surface area (Å²) in [7, 11) is 0. The fourth-order valence-corrected chi connectivity index (χ4v) is 3.47. The molecule has 1 aromatic rings. The maximum atomic E-state index is 12.8. The van der Waals surface area contributed by atoms with Gasteiger partial charge in [-0.15, -0.1) is 10.2 Å². The molecule has 0 saturated heterocycles. The predicted molar refractivity (Wildman–Crippen MR) is 82.4 cm³/mol. The van der Waals surface area contributed by atoms with Gasteiger partial charge in [0.1, 0.15) is 18.0 Å². The second kappa shape index (κ2) is 5.99. The van der Waals surface area contributed by atoms with Gasteiger partial charge < -0.3 is 10.1 Å². The van der Waals surface area contributed by atoms with Crippen LogP contribution in [0.5, 0.6) is 0 Å². The average Bonchev–Trinajstić information content (AvgIpc) is 3.13. The molecule has 1 N–H and O–H groups in total. The Bertz CT molecular complexity index is 548. The Hall–Kier alpha value is -1.43. The summed E-state index contributed by atoms with van der Waals surface area (Å²) < 4.78 is 7.69. The minimum Gasteiger partial charge on any atom is -0.370 e. The van der Waals surface area contributed by atoms with Crippen molar-refractivity contribution >= 4 is 5.91 Å². The maximum Gasteiger partial charge on any atom is 0.248 e. The third-order valence-corrected chi connectivity index (χ3v) is 4.74. The Morgan fingerprint density at radius 2 is 2.14 bits per heavy atom. The van der Waals surface area contributed by atoms with Gasteiger partial charge in [-0.2, -0.15) is 0 Å². The highest BCUT2D eigenvalue weighted by Gasteiger charge is 2.43. The molecule has 1 aliphatic heterocycles. The normalized spacial score (nSPS) is 25.5. The van der Waals surface area contributed by atoms with Crippen LogP contribution >= 0.6 is 0 Å². The third kappa shape index (κ3) is 2.64. The summed E-state index contributed by atoms with van der Waals surface area (Å²) in [6.07, 6.45) is 4.75. The highest BCUT2D eigenvalue weighted by Crippen LogP contribution is 2.37. The lowest BCUT2D eigenvalue weighted by atomic mass is 9.97. The van der Waals surface area contributed by atoms with Gasteiger partial charge >= 0.3 is 0 Å². The maximum absolute atomic E-state index is 12.8. The van der Waals surface area contributed by atoms with Crippen LogP contribution in [0.1, 0.15) is 64.0 Å². The van der Waals surface area contributed by atoms with E-state index in [4.69, 9.17) is 4.74 Å². The van der Waals surface area contributed by atoms with E-state index in [-0.39, 0.29) is 5.91 Å². The first-order valence-electron chi connectivity index (χ1n) is 8.33. The molecule has 3 rings (SSSR count). The molecule has 1 fully saturated rings. The number of ether oxygens (including phenoxy) is 1. The second-order valence-electron chi connectivity index (χ2n) is 7.16. The second-order valence-corrected chi connectivity index (χ2v) is 7.16. The fraction of sp³-hybridized carbons (Fsp3) is 0.812. The standard InChI is InChI=1S/C16H26N4O2/c1-11(2)8-17-15(21)16(3)10-22-9-13-18-19-14(20(13)16)12-6-4-5-7-12/h11-12H,4-10H2,1-3H3,(H,17,21). The van der Waals surface area contributed by atoms with Gasteiger partial charge in [0.25, 0.3) is 0 Å². The van der Waals surface area contributed by atoms with E-state index >= 15 is 0 Å². The average molecular weight is 306 g/mol. The van der Waals surface area contributed by atoms with Crippen molar-refractivity contribution < 1.29 is 9.53 Å². The van der Waals surface area contributed by atoms with Gasteiger partial charge in [-0.3, -0.25) is 9.36 Å². The van der Waals surface area contributed by atoms with Crippen LogP contribution in [-0.4, -0.2) is 33.8 Å². The van der Waals surface area contributed by atoms with E-state index in [2.05, 4.69) is 33.9 Å². The number of nitrogens with one attached hydrogen (secondary N) is 1. The van der Waals surface area contributed by atoms with E-state index in [1.54, 1.807) is 0 Å². The van der Waals surface area contributed by atoms with Crippen molar-refractivity contribution in [3.05, 3.63) is 11.6 Å². The van der Waals surface area contributed by atoms with Gasteiger partial charge in [-0.1, -0.05) is 26.7 Å². The van der Waals surface area contributed by atoms with Gasteiger partial charge in [-0.05, 0) is 25.7 Å². The summed E-state index contributed by atoms with van der Waals surface area (Å²) in [6.45, 7) is 7.61. The van der Waals surface area contributed by atoms with Crippen LogP contribution in [0, 0.1) is 5.92 Å². The topological polar surface area (TPSA) is 69.0 Å². The fourth-order valence-electron chi connectivity index (χ4n) is 3.47. The highest BCUT2D eigenvalue weighted by molar-refractivity contribution is 5.84. The molecule has 0 bridgehead atoms. The molecule has 0 aromatic carbocycles. The van der Waals surface area contributed by atoms with Crippen molar-refractivity contribution in [3.8, 4) is 0 Å². The van der Waals surface area contributed by atoms with E-state index in [1.165, 1.54) is 12.8 Å². The SMILES string of the molecule is CC(C)CNC(=O)C1(C)COCc2nnc(C3CCCC3)n21. The number of hydrogen-bond donors (Lipinski definition) is 1. The van der Waals surface area contributed by atoms with Gasteiger partial charge in [0.15, 0.2) is 5.82 Å². The molecule has 1 saturated carbocycles. The van der Waals surface area contributed by atoms with Gasteiger partial charge in [0.2, 0.25) is 5.91 Å².